The van der Waals surface area contributed by atoms with Crippen LogP contribution in [0.3, 0.4) is 0 Å². The number of esters is 1. The van der Waals surface area contributed by atoms with Gasteiger partial charge in [-0.1, -0.05) is 13.8 Å². The number of hydrogen-bond acceptors (Lipinski definition) is 4. The van der Waals surface area contributed by atoms with E-state index in [1.165, 1.54) is 6.92 Å². The number of hydrogen-bond donors (Lipinski definition) is 0. The van der Waals surface area contributed by atoms with E-state index in [0.29, 0.717) is 30.0 Å². The Morgan fingerprint density at radius 3 is 2.41 bits per heavy atom. The van der Waals surface area contributed by atoms with Gasteiger partial charge in [0.05, 0.1) is 0 Å². The molecule has 4 rings (SSSR count). The van der Waals surface area contributed by atoms with Gasteiger partial charge >= 0.3 is 5.97 Å². The maximum absolute atomic E-state index is 13.5. The Balaban J connectivity index is 1.60. The molecule has 4 saturated carbocycles. The molecule has 0 bridgehead atoms. The molecule has 4 aliphatic carbocycles. The zero-order chi connectivity index (χ0) is 19.6. The summed E-state index contributed by atoms with van der Waals surface area (Å²) in [5, 5.41) is 0. The Bertz CT molecular complexity index is 669. The van der Waals surface area contributed by atoms with Gasteiger partial charge in [-0.15, -0.1) is 0 Å². The molecule has 0 aromatic heterocycles. The number of rotatable bonds is 2. The highest BCUT2D eigenvalue weighted by Crippen LogP contribution is 2.66. The van der Waals surface area contributed by atoms with E-state index in [1.807, 2.05) is 0 Å². The van der Waals surface area contributed by atoms with Crippen LogP contribution < -0.4 is 0 Å². The van der Waals surface area contributed by atoms with Gasteiger partial charge in [0.1, 0.15) is 17.7 Å². The molecule has 0 aliphatic heterocycles. The van der Waals surface area contributed by atoms with E-state index in [9.17, 15) is 14.4 Å². The molecule has 4 fully saturated rings. The van der Waals surface area contributed by atoms with E-state index in [4.69, 9.17) is 4.74 Å². The fourth-order valence-corrected chi connectivity index (χ4v) is 8.04. The topological polar surface area (TPSA) is 60.4 Å². The van der Waals surface area contributed by atoms with Crippen LogP contribution in [0.15, 0.2) is 0 Å². The van der Waals surface area contributed by atoms with Crippen LogP contribution in [-0.4, -0.2) is 23.6 Å². The monoisotopic (exact) mass is 374 g/mol. The molecule has 0 radical (unpaired) electrons. The van der Waals surface area contributed by atoms with Crippen molar-refractivity contribution in [3.63, 3.8) is 0 Å². The molecule has 150 valence electrons. The summed E-state index contributed by atoms with van der Waals surface area (Å²) >= 11 is 0. The van der Waals surface area contributed by atoms with E-state index in [-0.39, 0.29) is 40.5 Å². The molecule has 4 aliphatic rings. The van der Waals surface area contributed by atoms with Crippen molar-refractivity contribution in [1.29, 1.82) is 0 Å². The van der Waals surface area contributed by atoms with Crippen molar-refractivity contribution in [2.24, 2.45) is 40.4 Å². The van der Waals surface area contributed by atoms with Crippen molar-refractivity contribution in [3.8, 4) is 0 Å². The first-order chi connectivity index (χ1) is 12.7. The molecular formula is C23H34O4. The van der Waals surface area contributed by atoms with E-state index >= 15 is 0 Å². The lowest BCUT2D eigenvalue weighted by molar-refractivity contribution is -0.169. The lowest BCUT2D eigenvalue weighted by atomic mass is 9.44. The van der Waals surface area contributed by atoms with E-state index in [2.05, 4.69) is 13.8 Å². The second kappa shape index (κ2) is 6.42. The number of carbonyl (C=O) groups excluding carboxylic acids is 3. The molecule has 8 atom stereocenters. The van der Waals surface area contributed by atoms with Gasteiger partial charge in [-0.2, -0.15) is 0 Å². The molecule has 4 nitrogen and oxygen atoms in total. The molecule has 0 spiro atoms. The van der Waals surface area contributed by atoms with Gasteiger partial charge in [-0.3, -0.25) is 14.4 Å². The summed E-state index contributed by atoms with van der Waals surface area (Å²) < 4.78 is 5.51. The van der Waals surface area contributed by atoms with Crippen molar-refractivity contribution < 1.29 is 19.1 Å². The summed E-state index contributed by atoms with van der Waals surface area (Å²) in [6.45, 7) is 7.75. The molecule has 0 N–H and O–H groups in total. The van der Waals surface area contributed by atoms with Gasteiger partial charge in [0.2, 0.25) is 0 Å². The van der Waals surface area contributed by atoms with E-state index in [1.54, 1.807) is 6.92 Å². The maximum atomic E-state index is 13.5. The highest BCUT2D eigenvalue weighted by atomic mass is 16.5. The summed E-state index contributed by atoms with van der Waals surface area (Å²) in [6.07, 6.45) is 7.64. The molecule has 0 amide bonds. The van der Waals surface area contributed by atoms with E-state index in [0.717, 1.165) is 44.9 Å². The number of ketones is 2. The first kappa shape index (κ1) is 19.1. The fourth-order valence-electron chi connectivity index (χ4n) is 8.04. The standard InChI is InChI=1S/C23H34O4/c1-13(24)18-7-8-19-17-6-5-15-11-16(27-14(2)25)9-10-22(15,3)21(17)20(26)12-23(18,19)4/h15-19,21H,5-12H2,1-4H3/t15?,16-,17?,18-,19?,21?,22+,23-/m1/s1. The van der Waals surface area contributed by atoms with Crippen LogP contribution in [0, 0.1) is 40.4 Å². The van der Waals surface area contributed by atoms with Gasteiger partial charge in [-0.25, -0.2) is 0 Å². The highest BCUT2D eigenvalue weighted by Gasteiger charge is 2.63. The van der Waals surface area contributed by atoms with Crippen LogP contribution in [0.2, 0.25) is 0 Å². The van der Waals surface area contributed by atoms with Crippen LogP contribution in [-0.2, 0) is 19.1 Å². The van der Waals surface area contributed by atoms with Crippen molar-refractivity contribution in [2.75, 3.05) is 0 Å². The fraction of sp³-hybridized carbons (Fsp3) is 0.870. The Labute approximate surface area is 162 Å². The number of Topliss-reactive ketones (excluding diaryl/α,β-unsaturated/α-hetero) is 2. The van der Waals surface area contributed by atoms with E-state index < -0.39 is 0 Å². The molecular weight excluding hydrogens is 340 g/mol. The van der Waals surface area contributed by atoms with Gasteiger partial charge in [-0.05, 0) is 80.5 Å². The quantitative estimate of drug-likeness (QED) is 0.675. The van der Waals surface area contributed by atoms with Gasteiger partial charge in [0.25, 0.3) is 0 Å². The zero-order valence-electron chi connectivity index (χ0n) is 17.3. The molecule has 27 heavy (non-hydrogen) atoms. The number of fused-ring (bicyclic) bond motifs is 5. The molecule has 4 unspecified atom stereocenters. The minimum absolute atomic E-state index is 0.0228. The van der Waals surface area contributed by atoms with Crippen molar-refractivity contribution in [1.82, 2.24) is 0 Å². The second-order valence-corrected chi connectivity index (χ2v) is 10.4. The smallest absolute Gasteiger partial charge is 0.302 e. The lowest BCUT2D eigenvalue weighted by Crippen LogP contribution is -2.58. The summed E-state index contributed by atoms with van der Waals surface area (Å²) in [6, 6.07) is 0. The zero-order valence-corrected chi connectivity index (χ0v) is 17.3. The maximum Gasteiger partial charge on any atom is 0.302 e. The lowest BCUT2D eigenvalue weighted by Gasteiger charge is -2.59. The average Bonchev–Trinajstić information content (AvgIpc) is 2.91. The molecule has 0 aromatic carbocycles. The number of carbonyl (C=O) groups is 3. The number of ether oxygens (including phenoxy) is 1. The summed E-state index contributed by atoms with van der Waals surface area (Å²) in [5.41, 5.74) is -0.0888. The Morgan fingerprint density at radius 1 is 1.00 bits per heavy atom. The Hall–Kier alpha value is -1.19. The van der Waals surface area contributed by atoms with Gasteiger partial charge in [0, 0.05) is 25.2 Å². The van der Waals surface area contributed by atoms with Crippen molar-refractivity contribution >= 4 is 17.5 Å². The van der Waals surface area contributed by atoms with Crippen LogP contribution >= 0.6 is 0 Å². The second-order valence-electron chi connectivity index (χ2n) is 10.4. The van der Waals surface area contributed by atoms with Gasteiger partial charge < -0.3 is 4.74 Å². The predicted octanol–water partition coefficient (Wildman–Crippen LogP) is 4.35. The SMILES string of the molecule is CC(=O)O[C@@H]1CC[C@@]2(C)C(CCC3C2C(=O)C[C@@]2(C)C3CC[C@@H]2C(C)=O)C1. The first-order valence-corrected chi connectivity index (χ1v) is 10.9. The third kappa shape index (κ3) is 2.81. The molecule has 0 aromatic rings. The largest absolute Gasteiger partial charge is 0.463 e. The van der Waals surface area contributed by atoms with Gasteiger partial charge in [0.15, 0.2) is 0 Å². The van der Waals surface area contributed by atoms with Crippen molar-refractivity contribution in [2.45, 2.75) is 85.2 Å². The summed E-state index contributed by atoms with van der Waals surface area (Å²) in [4.78, 5) is 37.1. The average molecular weight is 375 g/mol. The van der Waals surface area contributed by atoms with Crippen LogP contribution in [0.5, 0.6) is 0 Å². The summed E-state index contributed by atoms with van der Waals surface area (Å²) in [5.74, 6) is 2.11. The minimum Gasteiger partial charge on any atom is -0.463 e. The third-order valence-electron chi connectivity index (χ3n) is 9.12. The molecule has 0 saturated heterocycles. The normalized spacial score (nSPS) is 49.0. The summed E-state index contributed by atoms with van der Waals surface area (Å²) in [7, 11) is 0. The third-order valence-corrected chi connectivity index (χ3v) is 9.12. The van der Waals surface area contributed by atoms with Crippen LogP contribution in [0.4, 0.5) is 0 Å². The first-order valence-electron chi connectivity index (χ1n) is 10.9. The van der Waals surface area contributed by atoms with Crippen LogP contribution in [0.25, 0.3) is 0 Å². The minimum atomic E-state index is -0.192. The Kier molecular flexibility index (Phi) is 4.55. The molecule has 0 heterocycles. The predicted molar refractivity (Wildman–Crippen MR) is 102 cm³/mol. The van der Waals surface area contributed by atoms with Crippen molar-refractivity contribution in [3.05, 3.63) is 0 Å². The Morgan fingerprint density at radius 2 is 1.74 bits per heavy atom. The van der Waals surface area contributed by atoms with Crippen LogP contribution in [0.1, 0.15) is 79.1 Å². The highest BCUT2D eigenvalue weighted by molar-refractivity contribution is 5.87. The molecule has 4 heteroatoms.